The van der Waals surface area contributed by atoms with E-state index in [2.05, 4.69) is 26.0 Å². The fraction of sp³-hybridized carbons (Fsp3) is 0.0909. The Morgan fingerprint density at radius 3 is 2.53 bits per heavy atom. The Hall–Kier alpha value is -3.68. The topological polar surface area (TPSA) is 154 Å². The molecule has 0 fully saturated rings. The minimum Gasteiger partial charge on any atom is -0.495 e. The van der Waals surface area contributed by atoms with Crippen molar-refractivity contribution in [1.82, 2.24) is 0 Å². The molecule has 2 N–H and O–H groups in total. The SMILES string of the molecule is COc1ccc([N+](=O)[O-])cc1NS(=O)(=O)c1ccc(Cl)c(C(=O)OCC(=O)Nc2cccc(Br)c2)c1. The van der Waals surface area contributed by atoms with Crippen LogP contribution in [0.5, 0.6) is 5.75 Å². The number of methoxy groups -OCH3 is 1. The summed E-state index contributed by atoms with van der Waals surface area (Å²) in [6, 6.07) is 13.4. The van der Waals surface area contributed by atoms with Crippen LogP contribution in [0.4, 0.5) is 17.1 Å². The standard InChI is InChI=1S/C22H17BrClN3O8S/c1-34-20-8-5-15(27(30)31)10-19(20)26-36(32,33)16-6-7-18(24)17(11-16)22(29)35-12-21(28)25-14-4-2-3-13(23)9-14/h2-11,26H,12H2,1H3,(H,25,28). The van der Waals surface area contributed by atoms with Crippen LogP contribution in [0.15, 0.2) is 70.0 Å². The van der Waals surface area contributed by atoms with Gasteiger partial charge in [0.05, 0.1) is 33.2 Å². The van der Waals surface area contributed by atoms with E-state index in [1.54, 1.807) is 24.3 Å². The molecule has 3 aromatic carbocycles. The molecule has 0 saturated carbocycles. The van der Waals surface area contributed by atoms with E-state index in [1.807, 2.05) is 0 Å². The zero-order valence-corrected chi connectivity index (χ0v) is 21.5. The molecule has 0 bridgehead atoms. The number of sulfonamides is 1. The quantitative estimate of drug-likeness (QED) is 0.206. The van der Waals surface area contributed by atoms with Crippen molar-refractivity contribution in [3.63, 3.8) is 0 Å². The number of nitro benzene ring substituents is 1. The van der Waals surface area contributed by atoms with Crippen molar-refractivity contribution in [3.8, 4) is 5.75 Å². The van der Waals surface area contributed by atoms with Crippen molar-refractivity contribution in [1.29, 1.82) is 0 Å². The second-order valence-corrected chi connectivity index (χ2v) is 10.0. The molecule has 0 saturated heterocycles. The molecule has 3 rings (SSSR count). The molecule has 0 aliphatic heterocycles. The molecular weight excluding hydrogens is 582 g/mol. The summed E-state index contributed by atoms with van der Waals surface area (Å²) in [6.45, 7) is -0.651. The first kappa shape index (κ1) is 26.9. The van der Waals surface area contributed by atoms with E-state index in [4.69, 9.17) is 21.1 Å². The predicted octanol–water partition coefficient (Wildman–Crippen LogP) is 4.62. The average molecular weight is 599 g/mol. The van der Waals surface area contributed by atoms with Crippen molar-refractivity contribution in [2.75, 3.05) is 23.8 Å². The van der Waals surface area contributed by atoms with Gasteiger partial charge in [0.1, 0.15) is 5.75 Å². The fourth-order valence-electron chi connectivity index (χ4n) is 2.89. The van der Waals surface area contributed by atoms with Gasteiger partial charge in [-0.25, -0.2) is 13.2 Å². The van der Waals surface area contributed by atoms with Crippen LogP contribution in [0, 0.1) is 10.1 Å². The lowest BCUT2D eigenvalue weighted by Crippen LogP contribution is -2.21. The molecule has 0 radical (unpaired) electrons. The lowest BCUT2D eigenvalue weighted by molar-refractivity contribution is -0.384. The van der Waals surface area contributed by atoms with Crippen molar-refractivity contribution < 1.29 is 32.4 Å². The number of nitro groups is 1. The highest BCUT2D eigenvalue weighted by atomic mass is 79.9. The number of carbonyl (C=O) groups excluding carboxylic acids is 2. The monoisotopic (exact) mass is 597 g/mol. The number of esters is 1. The van der Waals surface area contributed by atoms with Crippen LogP contribution in [0.1, 0.15) is 10.4 Å². The van der Waals surface area contributed by atoms with Crippen LogP contribution in [0.3, 0.4) is 0 Å². The van der Waals surface area contributed by atoms with E-state index < -0.39 is 33.4 Å². The predicted molar refractivity (Wildman–Crippen MR) is 135 cm³/mol. The van der Waals surface area contributed by atoms with Crippen molar-refractivity contribution >= 4 is 66.5 Å². The zero-order chi connectivity index (χ0) is 26.5. The maximum absolute atomic E-state index is 12.9. The van der Waals surface area contributed by atoms with Gasteiger partial charge in [-0.15, -0.1) is 0 Å². The Kier molecular flexibility index (Phi) is 8.50. The summed E-state index contributed by atoms with van der Waals surface area (Å²) in [5.74, 6) is -1.62. The highest BCUT2D eigenvalue weighted by Gasteiger charge is 2.23. The summed E-state index contributed by atoms with van der Waals surface area (Å²) in [7, 11) is -3.07. The molecular formula is C22H17BrClN3O8S. The van der Waals surface area contributed by atoms with Crippen LogP contribution in [0.25, 0.3) is 0 Å². The van der Waals surface area contributed by atoms with Crippen molar-refractivity contribution in [2.45, 2.75) is 4.90 Å². The molecule has 0 spiro atoms. The maximum atomic E-state index is 12.9. The van der Waals surface area contributed by atoms with Crippen LogP contribution < -0.4 is 14.8 Å². The molecule has 36 heavy (non-hydrogen) atoms. The van der Waals surface area contributed by atoms with Gasteiger partial charge in [0, 0.05) is 22.3 Å². The third kappa shape index (κ3) is 6.71. The molecule has 0 aliphatic carbocycles. The number of halogens is 2. The summed E-state index contributed by atoms with van der Waals surface area (Å²) < 4.78 is 38.8. The maximum Gasteiger partial charge on any atom is 0.340 e. The molecule has 14 heteroatoms. The number of hydrogen-bond acceptors (Lipinski definition) is 8. The number of hydrogen-bond donors (Lipinski definition) is 2. The third-order valence-corrected chi connectivity index (χ3v) is 6.73. The molecule has 0 aromatic heterocycles. The smallest absolute Gasteiger partial charge is 0.340 e. The van der Waals surface area contributed by atoms with Crippen LogP contribution in [-0.4, -0.2) is 38.9 Å². The van der Waals surface area contributed by atoms with E-state index in [-0.39, 0.29) is 32.6 Å². The zero-order valence-electron chi connectivity index (χ0n) is 18.4. The number of ether oxygens (including phenoxy) is 2. The average Bonchev–Trinajstić information content (AvgIpc) is 2.82. The van der Waals surface area contributed by atoms with E-state index in [0.29, 0.717) is 5.69 Å². The number of nitrogens with one attached hydrogen (secondary N) is 2. The van der Waals surface area contributed by atoms with Gasteiger partial charge >= 0.3 is 5.97 Å². The first-order chi connectivity index (χ1) is 17.0. The van der Waals surface area contributed by atoms with E-state index >= 15 is 0 Å². The molecule has 0 unspecified atom stereocenters. The molecule has 188 valence electrons. The lowest BCUT2D eigenvalue weighted by atomic mass is 10.2. The van der Waals surface area contributed by atoms with Gasteiger partial charge in [0.25, 0.3) is 21.6 Å². The van der Waals surface area contributed by atoms with Crippen molar-refractivity contribution in [3.05, 3.63) is 85.8 Å². The third-order valence-electron chi connectivity index (χ3n) is 4.55. The molecule has 1 amide bonds. The van der Waals surface area contributed by atoms with Gasteiger partial charge in [-0.1, -0.05) is 33.6 Å². The summed E-state index contributed by atoms with van der Waals surface area (Å²) in [5.41, 5.74) is -0.384. The number of rotatable bonds is 9. The largest absolute Gasteiger partial charge is 0.495 e. The Balaban J connectivity index is 1.77. The van der Waals surface area contributed by atoms with E-state index in [1.165, 1.54) is 19.2 Å². The number of carbonyl (C=O) groups is 2. The second-order valence-electron chi connectivity index (χ2n) is 7.02. The van der Waals surface area contributed by atoms with Gasteiger partial charge in [0.15, 0.2) is 6.61 Å². The Bertz CT molecular complexity index is 1450. The lowest BCUT2D eigenvalue weighted by Gasteiger charge is -2.13. The molecule has 11 nitrogen and oxygen atoms in total. The summed E-state index contributed by atoms with van der Waals surface area (Å²) >= 11 is 9.32. The Labute approximate surface area is 218 Å². The minimum atomic E-state index is -4.34. The van der Waals surface area contributed by atoms with Crippen LogP contribution >= 0.6 is 27.5 Å². The summed E-state index contributed by atoms with van der Waals surface area (Å²) in [4.78, 5) is 34.6. The second kappa shape index (κ2) is 11.4. The Morgan fingerprint density at radius 1 is 1.11 bits per heavy atom. The van der Waals surface area contributed by atoms with E-state index in [9.17, 15) is 28.1 Å². The number of benzene rings is 3. The van der Waals surface area contributed by atoms with Gasteiger partial charge < -0.3 is 14.8 Å². The minimum absolute atomic E-state index is 0.0363. The molecule has 0 atom stereocenters. The van der Waals surface area contributed by atoms with Gasteiger partial charge in [-0.2, -0.15) is 0 Å². The van der Waals surface area contributed by atoms with Crippen molar-refractivity contribution in [2.24, 2.45) is 0 Å². The molecule has 3 aromatic rings. The van der Waals surface area contributed by atoms with Crippen LogP contribution in [-0.2, 0) is 19.6 Å². The first-order valence-electron chi connectivity index (χ1n) is 9.87. The summed E-state index contributed by atoms with van der Waals surface area (Å²) in [5, 5.41) is 13.5. The van der Waals surface area contributed by atoms with Gasteiger partial charge in [-0.05, 0) is 42.5 Å². The fourth-order valence-corrected chi connectivity index (χ4v) is 4.57. The molecule has 0 heterocycles. The van der Waals surface area contributed by atoms with E-state index in [0.717, 1.165) is 28.7 Å². The summed E-state index contributed by atoms with van der Waals surface area (Å²) in [6.07, 6.45) is 0. The normalized spacial score (nSPS) is 10.9. The highest BCUT2D eigenvalue weighted by Crippen LogP contribution is 2.31. The Morgan fingerprint density at radius 2 is 1.86 bits per heavy atom. The van der Waals surface area contributed by atoms with Crippen LogP contribution in [0.2, 0.25) is 5.02 Å². The number of anilines is 2. The first-order valence-corrected chi connectivity index (χ1v) is 12.5. The van der Waals surface area contributed by atoms with Gasteiger partial charge in [-0.3, -0.25) is 19.6 Å². The number of non-ortho nitro benzene ring substituents is 1. The van der Waals surface area contributed by atoms with Gasteiger partial charge in [0.2, 0.25) is 0 Å². The highest BCUT2D eigenvalue weighted by molar-refractivity contribution is 9.10. The number of nitrogens with zero attached hydrogens (tertiary/aromatic N) is 1. The number of amides is 1. The molecule has 0 aliphatic rings.